The van der Waals surface area contributed by atoms with Gasteiger partial charge in [0.1, 0.15) is 11.3 Å². The fourth-order valence-corrected chi connectivity index (χ4v) is 2.24. The van der Waals surface area contributed by atoms with Gasteiger partial charge < -0.3 is 9.84 Å². The SMILES string of the molecule is CSc1ccccc1Oc1nnc(C)c(C)c1C(=O)O. The molecule has 1 heterocycles. The minimum Gasteiger partial charge on any atom is -0.477 e. The largest absolute Gasteiger partial charge is 0.477 e. The number of thioether (sulfide) groups is 1. The first kappa shape index (κ1) is 14.3. The van der Waals surface area contributed by atoms with E-state index in [2.05, 4.69) is 10.2 Å². The Morgan fingerprint density at radius 2 is 1.95 bits per heavy atom. The van der Waals surface area contributed by atoms with E-state index in [0.717, 1.165) is 4.90 Å². The highest BCUT2D eigenvalue weighted by atomic mass is 32.2. The molecule has 1 aromatic carbocycles. The Balaban J connectivity index is 2.49. The van der Waals surface area contributed by atoms with Gasteiger partial charge in [0, 0.05) is 4.90 Å². The van der Waals surface area contributed by atoms with E-state index >= 15 is 0 Å². The summed E-state index contributed by atoms with van der Waals surface area (Å²) >= 11 is 1.52. The molecule has 0 saturated heterocycles. The second-order valence-electron chi connectivity index (χ2n) is 4.15. The van der Waals surface area contributed by atoms with Gasteiger partial charge in [0.2, 0.25) is 0 Å². The molecular weight excluding hydrogens is 276 g/mol. The van der Waals surface area contributed by atoms with E-state index in [1.54, 1.807) is 19.9 Å². The van der Waals surface area contributed by atoms with Crippen molar-refractivity contribution in [2.45, 2.75) is 18.7 Å². The van der Waals surface area contributed by atoms with Crippen LogP contribution in [0.25, 0.3) is 0 Å². The molecule has 0 bridgehead atoms. The summed E-state index contributed by atoms with van der Waals surface area (Å²) < 4.78 is 5.65. The zero-order valence-corrected chi connectivity index (χ0v) is 12.2. The number of aromatic nitrogens is 2. The van der Waals surface area contributed by atoms with Crippen LogP contribution in [0.4, 0.5) is 0 Å². The van der Waals surface area contributed by atoms with E-state index in [9.17, 15) is 9.90 Å². The van der Waals surface area contributed by atoms with Gasteiger partial charge in [-0.05, 0) is 37.8 Å². The molecule has 20 heavy (non-hydrogen) atoms. The summed E-state index contributed by atoms with van der Waals surface area (Å²) in [5, 5.41) is 17.1. The van der Waals surface area contributed by atoms with Crippen LogP contribution >= 0.6 is 11.8 Å². The molecular formula is C14H14N2O3S. The molecule has 0 atom stereocenters. The molecule has 0 unspecified atom stereocenters. The molecule has 1 aromatic heterocycles. The molecule has 2 aromatic rings. The van der Waals surface area contributed by atoms with E-state index in [1.807, 2.05) is 24.5 Å². The lowest BCUT2D eigenvalue weighted by Gasteiger charge is -2.12. The maximum absolute atomic E-state index is 11.4. The summed E-state index contributed by atoms with van der Waals surface area (Å²) in [5.74, 6) is -0.487. The summed E-state index contributed by atoms with van der Waals surface area (Å²) in [5.41, 5.74) is 1.19. The summed E-state index contributed by atoms with van der Waals surface area (Å²) in [6.45, 7) is 3.41. The Kier molecular flexibility index (Phi) is 4.24. The Bertz CT molecular complexity index is 659. The smallest absolute Gasteiger partial charge is 0.341 e. The highest BCUT2D eigenvalue weighted by Crippen LogP contribution is 2.32. The molecule has 0 spiro atoms. The van der Waals surface area contributed by atoms with Crippen molar-refractivity contribution < 1.29 is 14.6 Å². The van der Waals surface area contributed by atoms with Crippen molar-refractivity contribution in [3.05, 3.63) is 41.1 Å². The molecule has 1 N–H and O–H groups in total. The number of hydrogen-bond acceptors (Lipinski definition) is 5. The number of ether oxygens (including phenoxy) is 1. The van der Waals surface area contributed by atoms with Crippen molar-refractivity contribution in [3.8, 4) is 11.6 Å². The van der Waals surface area contributed by atoms with Crippen molar-refractivity contribution in [2.24, 2.45) is 0 Å². The van der Waals surface area contributed by atoms with Crippen LogP contribution in [-0.4, -0.2) is 27.5 Å². The molecule has 0 radical (unpaired) electrons. The third kappa shape index (κ3) is 2.75. The Morgan fingerprint density at radius 1 is 1.25 bits per heavy atom. The van der Waals surface area contributed by atoms with Gasteiger partial charge in [-0.25, -0.2) is 4.79 Å². The number of aromatic carboxylic acids is 1. The lowest BCUT2D eigenvalue weighted by atomic mass is 10.1. The normalized spacial score (nSPS) is 10.3. The first-order chi connectivity index (χ1) is 9.54. The molecule has 0 aliphatic heterocycles. The maximum atomic E-state index is 11.4. The number of para-hydroxylation sites is 1. The van der Waals surface area contributed by atoms with Crippen molar-refractivity contribution in [1.82, 2.24) is 10.2 Å². The van der Waals surface area contributed by atoms with Crippen LogP contribution in [0.15, 0.2) is 29.2 Å². The predicted molar refractivity (Wildman–Crippen MR) is 76.8 cm³/mol. The van der Waals surface area contributed by atoms with Crippen molar-refractivity contribution in [1.29, 1.82) is 0 Å². The topological polar surface area (TPSA) is 72.3 Å². The Labute approximate surface area is 121 Å². The molecule has 0 saturated carbocycles. The Hall–Kier alpha value is -2.08. The summed E-state index contributed by atoms with van der Waals surface area (Å²) in [4.78, 5) is 12.3. The molecule has 0 aliphatic rings. The number of carbonyl (C=O) groups is 1. The minimum atomic E-state index is -1.07. The van der Waals surface area contributed by atoms with Gasteiger partial charge >= 0.3 is 5.97 Å². The van der Waals surface area contributed by atoms with Gasteiger partial charge in [-0.15, -0.1) is 16.9 Å². The van der Waals surface area contributed by atoms with Crippen LogP contribution in [0.2, 0.25) is 0 Å². The monoisotopic (exact) mass is 290 g/mol. The number of carboxylic acid groups (broad SMARTS) is 1. The third-order valence-corrected chi connectivity index (χ3v) is 3.69. The van der Waals surface area contributed by atoms with Crippen LogP contribution < -0.4 is 4.74 Å². The van der Waals surface area contributed by atoms with Crippen LogP contribution in [0.1, 0.15) is 21.6 Å². The fraction of sp³-hybridized carbons (Fsp3) is 0.214. The predicted octanol–water partition coefficient (Wildman–Crippen LogP) is 3.31. The van der Waals surface area contributed by atoms with Gasteiger partial charge in [-0.1, -0.05) is 12.1 Å². The summed E-state index contributed by atoms with van der Waals surface area (Å²) in [6, 6.07) is 7.39. The van der Waals surface area contributed by atoms with Crippen LogP contribution in [0.5, 0.6) is 11.6 Å². The molecule has 2 rings (SSSR count). The summed E-state index contributed by atoms with van der Waals surface area (Å²) in [7, 11) is 0. The van der Waals surface area contributed by atoms with Gasteiger partial charge in [-0.2, -0.15) is 5.10 Å². The average molecular weight is 290 g/mol. The number of carboxylic acids is 1. The molecule has 0 fully saturated rings. The van der Waals surface area contributed by atoms with Gasteiger partial charge in [0.15, 0.2) is 0 Å². The molecule has 5 nitrogen and oxygen atoms in total. The zero-order chi connectivity index (χ0) is 14.7. The van der Waals surface area contributed by atoms with Crippen molar-refractivity contribution in [3.63, 3.8) is 0 Å². The standard InChI is InChI=1S/C14H14N2O3S/c1-8-9(2)15-16-13(12(8)14(17)18)19-10-6-4-5-7-11(10)20-3/h4-7H,1-3H3,(H,17,18). The first-order valence-electron chi connectivity index (χ1n) is 5.92. The number of benzene rings is 1. The van der Waals surface area contributed by atoms with Gasteiger partial charge in [-0.3, -0.25) is 0 Å². The molecule has 0 amide bonds. The molecule has 104 valence electrons. The first-order valence-corrected chi connectivity index (χ1v) is 7.15. The van der Waals surface area contributed by atoms with Gasteiger partial charge in [0.05, 0.1) is 5.69 Å². The highest BCUT2D eigenvalue weighted by Gasteiger charge is 2.20. The summed E-state index contributed by atoms with van der Waals surface area (Å²) in [6.07, 6.45) is 1.92. The van der Waals surface area contributed by atoms with E-state index < -0.39 is 5.97 Å². The van der Waals surface area contributed by atoms with E-state index in [-0.39, 0.29) is 11.4 Å². The lowest BCUT2D eigenvalue weighted by Crippen LogP contribution is -2.08. The van der Waals surface area contributed by atoms with E-state index in [1.165, 1.54) is 11.8 Å². The second kappa shape index (κ2) is 5.92. The van der Waals surface area contributed by atoms with Gasteiger partial charge in [0.25, 0.3) is 5.88 Å². The van der Waals surface area contributed by atoms with Crippen molar-refractivity contribution >= 4 is 17.7 Å². The number of rotatable bonds is 4. The fourth-order valence-electron chi connectivity index (χ4n) is 1.72. The molecule has 0 aliphatic carbocycles. The zero-order valence-electron chi connectivity index (χ0n) is 11.4. The van der Waals surface area contributed by atoms with E-state index in [0.29, 0.717) is 17.0 Å². The van der Waals surface area contributed by atoms with Crippen LogP contribution in [0, 0.1) is 13.8 Å². The average Bonchev–Trinajstić information content (AvgIpc) is 2.43. The van der Waals surface area contributed by atoms with Crippen LogP contribution in [0.3, 0.4) is 0 Å². The van der Waals surface area contributed by atoms with Crippen molar-refractivity contribution in [2.75, 3.05) is 6.26 Å². The second-order valence-corrected chi connectivity index (χ2v) is 5.00. The minimum absolute atomic E-state index is 0.0158. The van der Waals surface area contributed by atoms with E-state index in [4.69, 9.17) is 4.74 Å². The third-order valence-electron chi connectivity index (χ3n) is 2.91. The number of nitrogens with zero attached hydrogens (tertiary/aromatic N) is 2. The van der Waals surface area contributed by atoms with Crippen LogP contribution in [-0.2, 0) is 0 Å². The maximum Gasteiger partial charge on any atom is 0.341 e. The molecule has 6 heteroatoms. The Morgan fingerprint density at radius 3 is 2.60 bits per heavy atom. The highest BCUT2D eigenvalue weighted by molar-refractivity contribution is 7.98. The quantitative estimate of drug-likeness (QED) is 0.871. The lowest BCUT2D eigenvalue weighted by molar-refractivity contribution is 0.0692. The number of aryl methyl sites for hydroxylation is 1. The number of hydrogen-bond donors (Lipinski definition) is 1.